The topological polar surface area (TPSA) is 40.5 Å². The first-order valence-corrected chi connectivity index (χ1v) is 6.40. The summed E-state index contributed by atoms with van der Waals surface area (Å²) in [6.45, 7) is 5.57. The molecule has 0 unspecified atom stereocenters. The van der Waals surface area contributed by atoms with Gasteiger partial charge in [0.05, 0.1) is 10.7 Å². The maximum absolute atomic E-state index is 11.6. The van der Waals surface area contributed by atoms with E-state index >= 15 is 0 Å². The van der Waals surface area contributed by atoms with Crippen LogP contribution in [-0.2, 0) is 0 Å². The van der Waals surface area contributed by atoms with Crippen LogP contribution in [0.5, 0.6) is 0 Å². The van der Waals surface area contributed by atoms with Gasteiger partial charge in [0.15, 0.2) is 0 Å². The third kappa shape index (κ3) is 2.51. The number of nitrogens with zero attached hydrogens (tertiary/aromatic N) is 1. The average Bonchev–Trinajstić information content (AvgIpc) is 2.27. The molecule has 100 valence electrons. The van der Waals surface area contributed by atoms with Crippen LogP contribution in [0.4, 0.5) is 10.5 Å². The zero-order valence-corrected chi connectivity index (χ0v) is 11.9. The molecule has 19 heavy (non-hydrogen) atoms. The van der Waals surface area contributed by atoms with Gasteiger partial charge in [-0.15, -0.1) is 0 Å². The van der Waals surface area contributed by atoms with Gasteiger partial charge in [-0.25, -0.2) is 4.79 Å². The highest BCUT2D eigenvalue weighted by Gasteiger charge is 2.29. The second kappa shape index (κ2) is 4.74. The number of anilines is 1. The van der Waals surface area contributed by atoms with Crippen molar-refractivity contribution in [3.63, 3.8) is 0 Å². The molecule has 0 fully saturated rings. The lowest BCUT2D eigenvalue weighted by atomic mass is 10.0. The molecule has 0 heterocycles. The second-order valence-corrected chi connectivity index (χ2v) is 5.81. The zero-order chi connectivity index (χ0) is 14.2. The quantitative estimate of drug-likeness (QED) is 0.815. The predicted molar refractivity (Wildman–Crippen MR) is 79.2 cm³/mol. The molecular weight excluding hydrogens is 262 g/mol. The standard InChI is InChI=1S/C15H16ClNO2/c1-15(2,3)17(14(18)19)12-9-5-7-10-6-4-8-11(16)13(10)12/h4-9H,1-3H3,(H,18,19). The van der Waals surface area contributed by atoms with E-state index in [9.17, 15) is 9.90 Å². The second-order valence-electron chi connectivity index (χ2n) is 5.40. The van der Waals surface area contributed by atoms with Crippen LogP contribution in [0.2, 0.25) is 5.02 Å². The molecule has 0 aliphatic carbocycles. The van der Waals surface area contributed by atoms with Crippen molar-refractivity contribution < 1.29 is 9.90 Å². The van der Waals surface area contributed by atoms with Crippen molar-refractivity contribution in [2.24, 2.45) is 0 Å². The third-order valence-corrected chi connectivity index (χ3v) is 3.25. The molecule has 0 radical (unpaired) electrons. The predicted octanol–water partition coefficient (Wildman–Crippen LogP) is 4.78. The van der Waals surface area contributed by atoms with Crippen LogP contribution >= 0.6 is 11.6 Å². The lowest BCUT2D eigenvalue weighted by Crippen LogP contribution is -2.45. The Morgan fingerprint density at radius 1 is 1.16 bits per heavy atom. The molecule has 0 aliphatic heterocycles. The van der Waals surface area contributed by atoms with Gasteiger partial charge in [-0.3, -0.25) is 4.90 Å². The molecule has 0 bridgehead atoms. The molecule has 1 amide bonds. The SMILES string of the molecule is CC(C)(C)N(C(=O)O)c1cccc2cccc(Cl)c12. The minimum absolute atomic E-state index is 0.542. The molecule has 3 nitrogen and oxygen atoms in total. The van der Waals surface area contributed by atoms with Crippen LogP contribution in [-0.4, -0.2) is 16.7 Å². The molecule has 4 heteroatoms. The van der Waals surface area contributed by atoms with Crippen molar-refractivity contribution in [3.8, 4) is 0 Å². The molecule has 0 atom stereocenters. The van der Waals surface area contributed by atoms with Crippen molar-refractivity contribution >= 4 is 34.2 Å². The Morgan fingerprint density at radius 2 is 1.74 bits per heavy atom. The number of carbonyl (C=O) groups is 1. The summed E-state index contributed by atoms with van der Waals surface area (Å²) in [4.78, 5) is 12.9. The van der Waals surface area contributed by atoms with Crippen LogP contribution < -0.4 is 4.90 Å². The van der Waals surface area contributed by atoms with Gasteiger partial charge >= 0.3 is 6.09 Å². The first-order valence-electron chi connectivity index (χ1n) is 6.03. The number of fused-ring (bicyclic) bond motifs is 1. The fourth-order valence-corrected chi connectivity index (χ4v) is 2.49. The van der Waals surface area contributed by atoms with Crippen molar-refractivity contribution in [2.45, 2.75) is 26.3 Å². The van der Waals surface area contributed by atoms with E-state index in [1.54, 1.807) is 12.1 Å². The number of carboxylic acid groups (broad SMARTS) is 1. The smallest absolute Gasteiger partial charge is 0.412 e. The molecule has 2 rings (SSSR count). The number of rotatable bonds is 1. The summed E-state index contributed by atoms with van der Waals surface area (Å²) >= 11 is 6.24. The Hall–Kier alpha value is -1.74. The molecule has 0 spiro atoms. The summed E-state index contributed by atoms with van der Waals surface area (Å²) in [5.41, 5.74) is 0.0716. The minimum Gasteiger partial charge on any atom is -0.465 e. The summed E-state index contributed by atoms with van der Waals surface area (Å²) in [7, 11) is 0. The van der Waals surface area contributed by atoms with Gasteiger partial charge in [-0.05, 0) is 38.3 Å². The number of hydrogen-bond donors (Lipinski definition) is 1. The normalized spacial score (nSPS) is 11.6. The Bertz CT molecular complexity index is 626. The summed E-state index contributed by atoms with van der Waals surface area (Å²) in [5, 5.41) is 11.8. The Morgan fingerprint density at radius 3 is 2.26 bits per heavy atom. The summed E-state index contributed by atoms with van der Waals surface area (Å²) < 4.78 is 0. The van der Waals surface area contributed by atoms with Crippen molar-refractivity contribution in [1.29, 1.82) is 0 Å². The van der Waals surface area contributed by atoms with E-state index in [4.69, 9.17) is 11.6 Å². The van der Waals surface area contributed by atoms with Crippen LogP contribution in [0, 0.1) is 0 Å². The summed E-state index contributed by atoms with van der Waals surface area (Å²) in [6.07, 6.45) is -0.986. The van der Waals surface area contributed by atoms with Crippen LogP contribution in [0.25, 0.3) is 10.8 Å². The number of benzene rings is 2. The summed E-state index contributed by atoms with van der Waals surface area (Å²) in [6, 6.07) is 11.1. The largest absolute Gasteiger partial charge is 0.465 e. The van der Waals surface area contributed by atoms with Gasteiger partial charge < -0.3 is 5.11 Å². The average molecular weight is 278 g/mol. The zero-order valence-electron chi connectivity index (χ0n) is 11.1. The van der Waals surface area contributed by atoms with Crippen molar-refractivity contribution in [2.75, 3.05) is 4.90 Å². The maximum Gasteiger partial charge on any atom is 0.412 e. The Labute approximate surface area is 117 Å². The van der Waals surface area contributed by atoms with Gasteiger partial charge in [-0.2, -0.15) is 0 Å². The first-order chi connectivity index (χ1) is 8.82. The number of halogens is 1. The van der Waals surface area contributed by atoms with Crippen LogP contribution in [0.1, 0.15) is 20.8 Å². The highest BCUT2D eigenvalue weighted by Crippen LogP contribution is 2.35. The fourth-order valence-electron chi connectivity index (χ4n) is 2.21. The van der Waals surface area contributed by atoms with Gasteiger partial charge in [0, 0.05) is 10.9 Å². The molecule has 0 saturated carbocycles. The van der Waals surface area contributed by atoms with Crippen LogP contribution in [0.3, 0.4) is 0 Å². The van der Waals surface area contributed by atoms with Crippen molar-refractivity contribution in [1.82, 2.24) is 0 Å². The first kappa shape index (κ1) is 13.7. The lowest BCUT2D eigenvalue weighted by molar-refractivity contribution is 0.196. The maximum atomic E-state index is 11.6. The van der Waals surface area contributed by atoms with Gasteiger partial charge in [0.1, 0.15) is 0 Å². The fraction of sp³-hybridized carbons (Fsp3) is 0.267. The molecule has 2 aromatic carbocycles. The van der Waals surface area contributed by atoms with Gasteiger partial charge in [-0.1, -0.05) is 35.9 Å². The Kier molecular flexibility index (Phi) is 3.42. The highest BCUT2D eigenvalue weighted by atomic mass is 35.5. The van der Waals surface area contributed by atoms with E-state index < -0.39 is 11.6 Å². The van der Waals surface area contributed by atoms with Crippen LogP contribution in [0.15, 0.2) is 36.4 Å². The molecule has 0 aromatic heterocycles. The lowest BCUT2D eigenvalue weighted by Gasteiger charge is -2.34. The molecular formula is C15H16ClNO2. The van der Waals surface area contributed by atoms with E-state index in [0.29, 0.717) is 10.7 Å². The molecule has 0 saturated heterocycles. The molecule has 0 aliphatic rings. The number of hydrogen-bond acceptors (Lipinski definition) is 1. The molecule has 1 N–H and O–H groups in total. The number of amides is 1. The van der Waals surface area contributed by atoms with E-state index in [-0.39, 0.29) is 0 Å². The summed E-state index contributed by atoms with van der Waals surface area (Å²) in [5.74, 6) is 0. The molecule has 2 aromatic rings. The monoisotopic (exact) mass is 277 g/mol. The van der Waals surface area contributed by atoms with Crippen molar-refractivity contribution in [3.05, 3.63) is 41.4 Å². The third-order valence-electron chi connectivity index (χ3n) is 2.93. The van der Waals surface area contributed by atoms with E-state index in [1.807, 2.05) is 45.0 Å². The highest BCUT2D eigenvalue weighted by molar-refractivity contribution is 6.36. The van der Waals surface area contributed by atoms with Gasteiger partial charge in [0.25, 0.3) is 0 Å². The minimum atomic E-state index is -0.986. The van der Waals surface area contributed by atoms with E-state index in [2.05, 4.69) is 0 Å². The van der Waals surface area contributed by atoms with E-state index in [0.717, 1.165) is 10.8 Å². The Balaban J connectivity index is 2.77. The van der Waals surface area contributed by atoms with E-state index in [1.165, 1.54) is 4.90 Å². The van der Waals surface area contributed by atoms with Gasteiger partial charge in [0.2, 0.25) is 0 Å².